The SMILES string of the molecule is N#CNC(=O)[C@@H]1CCCNC1. The van der Waals surface area contributed by atoms with Crippen molar-refractivity contribution in [1.82, 2.24) is 10.6 Å². The number of hydrogen-bond acceptors (Lipinski definition) is 3. The Hall–Kier alpha value is -1.08. The molecule has 2 N–H and O–H groups in total. The molecule has 0 aromatic heterocycles. The predicted molar refractivity (Wildman–Crippen MR) is 39.3 cm³/mol. The lowest BCUT2D eigenvalue weighted by molar-refractivity contribution is -0.124. The van der Waals surface area contributed by atoms with Crippen molar-refractivity contribution in [3.8, 4) is 6.19 Å². The van der Waals surface area contributed by atoms with Crippen LogP contribution in [0.1, 0.15) is 12.8 Å². The molecule has 4 heteroatoms. The lowest BCUT2D eigenvalue weighted by Crippen LogP contribution is -2.38. The van der Waals surface area contributed by atoms with Crippen molar-refractivity contribution in [2.75, 3.05) is 13.1 Å². The second-order valence-corrected chi connectivity index (χ2v) is 2.64. The van der Waals surface area contributed by atoms with Crippen LogP contribution in [0.5, 0.6) is 0 Å². The summed E-state index contributed by atoms with van der Waals surface area (Å²) in [6.45, 7) is 1.68. The van der Waals surface area contributed by atoms with E-state index in [1.54, 1.807) is 6.19 Å². The minimum atomic E-state index is -0.153. The number of rotatable bonds is 1. The summed E-state index contributed by atoms with van der Waals surface area (Å²) in [4.78, 5) is 11.0. The number of nitrogens with zero attached hydrogens (tertiary/aromatic N) is 1. The number of nitrogens with one attached hydrogen (secondary N) is 2. The average molecular weight is 153 g/mol. The first-order valence-electron chi connectivity index (χ1n) is 3.74. The molecule has 1 aliphatic heterocycles. The second kappa shape index (κ2) is 3.94. The lowest BCUT2D eigenvalue weighted by Gasteiger charge is -2.19. The maximum absolute atomic E-state index is 11.0. The third-order valence-corrected chi connectivity index (χ3v) is 1.85. The minimum Gasteiger partial charge on any atom is -0.316 e. The van der Waals surface area contributed by atoms with Gasteiger partial charge in [0.25, 0.3) is 0 Å². The number of amides is 1. The molecule has 0 saturated carbocycles. The van der Waals surface area contributed by atoms with Crippen LogP contribution < -0.4 is 10.6 Å². The van der Waals surface area contributed by atoms with E-state index >= 15 is 0 Å². The fourth-order valence-electron chi connectivity index (χ4n) is 1.23. The van der Waals surface area contributed by atoms with Gasteiger partial charge in [-0.05, 0) is 19.4 Å². The van der Waals surface area contributed by atoms with Gasteiger partial charge < -0.3 is 5.32 Å². The van der Waals surface area contributed by atoms with Gasteiger partial charge in [0, 0.05) is 6.54 Å². The second-order valence-electron chi connectivity index (χ2n) is 2.64. The number of carbonyl (C=O) groups excluding carboxylic acids is 1. The van der Waals surface area contributed by atoms with Gasteiger partial charge in [0.15, 0.2) is 6.19 Å². The molecule has 0 aliphatic carbocycles. The van der Waals surface area contributed by atoms with Crippen molar-refractivity contribution >= 4 is 5.91 Å². The van der Waals surface area contributed by atoms with Crippen molar-refractivity contribution in [2.24, 2.45) is 5.92 Å². The van der Waals surface area contributed by atoms with Gasteiger partial charge in [-0.15, -0.1) is 0 Å². The highest BCUT2D eigenvalue weighted by atomic mass is 16.1. The number of piperidine rings is 1. The maximum atomic E-state index is 11.0. The zero-order valence-corrected chi connectivity index (χ0v) is 6.26. The Labute approximate surface area is 65.6 Å². The van der Waals surface area contributed by atoms with E-state index in [0.29, 0.717) is 6.54 Å². The van der Waals surface area contributed by atoms with Crippen LogP contribution >= 0.6 is 0 Å². The Balaban J connectivity index is 2.34. The van der Waals surface area contributed by atoms with Gasteiger partial charge in [0.1, 0.15) is 0 Å². The fourth-order valence-corrected chi connectivity index (χ4v) is 1.23. The monoisotopic (exact) mass is 153 g/mol. The van der Waals surface area contributed by atoms with E-state index < -0.39 is 0 Å². The van der Waals surface area contributed by atoms with E-state index in [9.17, 15) is 4.79 Å². The van der Waals surface area contributed by atoms with Crippen LogP contribution in [0.15, 0.2) is 0 Å². The molecule has 1 amide bonds. The highest BCUT2D eigenvalue weighted by Crippen LogP contribution is 2.08. The Kier molecular flexibility index (Phi) is 2.87. The van der Waals surface area contributed by atoms with Crippen molar-refractivity contribution in [3.63, 3.8) is 0 Å². The van der Waals surface area contributed by atoms with Crippen LogP contribution in [0, 0.1) is 17.4 Å². The number of carbonyl (C=O) groups is 1. The molecule has 1 heterocycles. The molecule has 0 unspecified atom stereocenters. The highest BCUT2D eigenvalue weighted by Gasteiger charge is 2.19. The molecule has 0 radical (unpaired) electrons. The van der Waals surface area contributed by atoms with Gasteiger partial charge in [0.05, 0.1) is 5.92 Å². The van der Waals surface area contributed by atoms with E-state index in [-0.39, 0.29) is 11.8 Å². The van der Waals surface area contributed by atoms with E-state index in [1.165, 1.54) is 0 Å². The molecular weight excluding hydrogens is 142 g/mol. The van der Waals surface area contributed by atoms with Crippen LogP contribution in [0.2, 0.25) is 0 Å². The average Bonchev–Trinajstić information content (AvgIpc) is 2.07. The molecule has 60 valence electrons. The lowest BCUT2D eigenvalue weighted by atomic mass is 9.99. The minimum absolute atomic E-state index is 0.0107. The predicted octanol–water partition coefficient (Wildman–Crippen LogP) is -0.417. The summed E-state index contributed by atoms with van der Waals surface area (Å²) in [5, 5.41) is 13.4. The van der Waals surface area contributed by atoms with Crippen molar-refractivity contribution in [3.05, 3.63) is 0 Å². The summed E-state index contributed by atoms with van der Waals surface area (Å²) in [7, 11) is 0. The summed E-state index contributed by atoms with van der Waals surface area (Å²) in [5.74, 6) is -0.164. The first-order chi connectivity index (χ1) is 5.34. The summed E-state index contributed by atoms with van der Waals surface area (Å²) in [6.07, 6.45) is 3.54. The first-order valence-corrected chi connectivity index (χ1v) is 3.74. The Morgan fingerprint density at radius 1 is 1.73 bits per heavy atom. The van der Waals surface area contributed by atoms with Crippen LogP contribution in [0.3, 0.4) is 0 Å². The molecule has 1 aliphatic rings. The largest absolute Gasteiger partial charge is 0.316 e. The highest BCUT2D eigenvalue weighted by molar-refractivity contribution is 5.80. The number of nitriles is 1. The Morgan fingerprint density at radius 2 is 2.55 bits per heavy atom. The molecule has 1 saturated heterocycles. The summed E-state index contributed by atoms with van der Waals surface area (Å²) < 4.78 is 0. The van der Waals surface area contributed by atoms with Gasteiger partial charge in [-0.1, -0.05) is 0 Å². The normalized spacial score (nSPS) is 23.7. The standard InChI is InChI=1S/C7H11N3O/c8-5-10-7(11)6-2-1-3-9-4-6/h6,9H,1-4H2,(H,10,11)/t6-/m1/s1. The van der Waals surface area contributed by atoms with Gasteiger partial charge >= 0.3 is 0 Å². The fraction of sp³-hybridized carbons (Fsp3) is 0.714. The first kappa shape index (κ1) is 8.02. The molecule has 1 atom stereocenters. The third-order valence-electron chi connectivity index (χ3n) is 1.85. The molecule has 0 spiro atoms. The number of hydrogen-bond donors (Lipinski definition) is 2. The molecule has 11 heavy (non-hydrogen) atoms. The van der Waals surface area contributed by atoms with E-state index in [4.69, 9.17) is 5.26 Å². The molecular formula is C7H11N3O. The van der Waals surface area contributed by atoms with Crippen LogP contribution in [-0.4, -0.2) is 19.0 Å². The van der Waals surface area contributed by atoms with Crippen LogP contribution in [-0.2, 0) is 4.79 Å². The summed E-state index contributed by atoms with van der Waals surface area (Å²) in [5.41, 5.74) is 0. The topological polar surface area (TPSA) is 64.9 Å². The molecule has 0 aromatic rings. The van der Waals surface area contributed by atoms with Gasteiger partial charge in [-0.3, -0.25) is 10.1 Å². The maximum Gasteiger partial charge on any atom is 0.237 e. The van der Waals surface area contributed by atoms with E-state index in [2.05, 4.69) is 10.6 Å². The van der Waals surface area contributed by atoms with Crippen molar-refractivity contribution < 1.29 is 4.79 Å². The van der Waals surface area contributed by atoms with Crippen molar-refractivity contribution in [2.45, 2.75) is 12.8 Å². The van der Waals surface area contributed by atoms with E-state index in [1.807, 2.05) is 0 Å². The zero-order chi connectivity index (χ0) is 8.10. The van der Waals surface area contributed by atoms with Crippen LogP contribution in [0.4, 0.5) is 0 Å². The molecule has 1 rings (SSSR count). The Bertz CT molecular complexity index is 179. The quantitative estimate of drug-likeness (QED) is 0.397. The van der Waals surface area contributed by atoms with Gasteiger partial charge in [-0.2, -0.15) is 5.26 Å². The molecule has 1 fully saturated rings. The molecule has 0 bridgehead atoms. The van der Waals surface area contributed by atoms with E-state index in [0.717, 1.165) is 19.4 Å². The third kappa shape index (κ3) is 2.20. The zero-order valence-electron chi connectivity index (χ0n) is 6.26. The summed E-state index contributed by atoms with van der Waals surface area (Å²) in [6, 6.07) is 0. The van der Waals surface area contributed by atoms with Crippen molar-refractivity contribution in [1.29, 1.82) is 5.26 Å². The van der Waals surface area contributed by atoms with Gasteiger partial charge in [-0.25, -0.2) is 0 Å². The van der Waals surface area contributed by atoms with Gasteiger partial charge in [0.2, 0.25) is 5.91 Å². The Morgan fingerprint density at radius 3 is 3.09 bits per heavy atom. The smallest absolute Gasteiger partial charge is 0.237 e. The molecule has 4 nitrogen and oxygen atoms in total. The van der Waals surface area contributed by atoms with Crippen LogP contribution in [0.25, 0.3) is 0 Å². The molecule has 0 aromatic carbocycles. The summed E-state index contributed by atoms with van der Waals surface area (Å²) >= 11 is 0.